The number of hydrogen-bond donors (Lipinski definition) is 2. The highest BCUT2D eigenvalue weighted by Gasteiger charge is 2.24. The lowest BCUT2D eigenvalue weighted by atomic mass is 10.0. The van der Waals surface area contributed by atoms with Gasteiger partial charge in [0.05, 0.1) is 39.9 Å². The van der Waals surface area contributed by atoms with Gasteiger partial charge in [-0.3, -0.25) is 9.36 Å². The number of quaternary nitrogens is 1. The van der Waals surface area contributed by atoms with Gasteiger partial charge in [-0.25, -0.2) is 0 Å². The number of aliphatic hydroxyl groups excluding tert-OH is 1. The molecule has 9 heteroatoms. The molecule has 1 amide bonds. The van der Waals surface area contributed by atoms with E-state index in [2.05, 4.69) is 12.2 Å². The Morgan fingerprint density at radius 1 is 1.00 bits per heavy atom. The van der Waals surface area contributed by atoms with Gasteiger partial charge in [0, 0.05) is 6.42 Å². The third kappa shape index (κ3) is 18.7. The van der Waals surface area contributed by atoms with Gasteiger partial charge in [0.25, 0.3) is 7.82 Å². The number of nitrogens with one attached hydrogen (secondary N) is 1. The first-order valence-electron chi connectivity index (χ1n) is 11.9. The molecule has 3 unspecified atom stereocenters. The molecule has 0 aliphatic carbocycles. The summed E-state index contributed by atoms with van der Waals surface area (Å²) in [6.45, 7) is 4.36. The molecule has 186 valence electrons. The minimum absolute atomic E-state index is 0.0123. The van der Waals surface area contributed by atoms with Crippen LogP contribution in [0.1, 0.15) is 84.5 Å². The second-order valence-electron chi connectivity index (χ2n) is 9.35. The Balaban J connectivity index is 4.59. The molecule has 0 spiro atoms. The van der Waals surface area contributed by atoms with Gasteiger partial charge in [-0.1, -0.05) is 65.2 Å². The summed E-state index contributed by atoms with van der Waals surface area (Å²) in [6, 6.07) is -0.784. The van der Waals surface area contributed by atoms with Gasteiger partial charge in [0.1, 0.15) is 13.2 Å². The van der Waals surface area contributed by atoms with Crippen molar-refractivity contribution in [3.63, 3.8) is 0 Å². The first-order chi connectivity index (χ1) is 14.5. The molecule has 0 radical (unpaired) electrons. The molecular weight excluding hydrogens is 419 g/mol. The number of nitrogens with zero attached hydrogens (tertiary/aromatic N) is 1. The fourth-order valence-corrected chi connectivity index (χ4v) is 3.74. The van der Waals surface area contributed by atoms with Crippen LogP contribution in [0.4, 0.5) is 0 Å². The molecule has 0 rings (SSSR count). The van der Waals surface area contributed by atoms with E-state index >= 15 is 0 Å². The summed E-state index contributed by atoms with van der Waals surface area (Å²) in [5.74, 6) is -0.208. The van der Waals surface area contributed by atoms with Gasteiger partial charge in [-0.05, 0) is 12.8 Å². The van der Waals surface area contributed by atoms with E-state index in [1.54, 1.807) is 0 Å². The van der Waals surface area contributed by atoms with Crippen LogP contribution in [-0.2, 0) is 18.4 Å². The molecule has 0 fully saturated rings. The van der Waals surface area contributed by atoms with Crippen molar-refractivity contribution in [3.05, 3.63) is 0 Å². The molecule has 0 aromatic carbocycles. The van der Waals surface area contributed by atoms with Crippen molar-refractivity contribution in [2.24, 2.45) is 0 Å². The summed E-state index contributed by atoms with van der Waals surface area (Å²) in [4.78, 5) is 24.2. The molecule has 0 saturated carbocycles. The molecule has 3 atom stereocenters. The number of likely N-dealkylation sites (N-methyl/N-ethyl adjacent to an activating group) is 1. The number of rotatable bonds is 20. The number of amides is 1. The van der Waals surface area contributed by atoms with E-state index in [9.17, 15) is 19.4 Å². The lowest BCUT2D eigenvalue weighted by molar-refractivity contribution is -0.870. The maximum atomic E-state index is 12.1. The smallest absolute Gasteiger partial charge is 0.268 e. The molecule has 0 aromatic rings. The minimum Gasteiger partial charge on any atom is -0.756 e. The van der Waals surface area contributed by atoms with Crippen LogP contribution in [-0.4, -0.2) is 68.5 Å². The van der Waals surface area contributed by atoms with Crippen LogP contribution in [0.15, 0.2) is 0 Å². The number of phosphoric acid groups is 1. The van der Waals surface area contributed by atoms with Crippen molar-refractivity contribution in [2.75, 3.05) is 40.9 Å². The Morgan fingerprint density at radius 2 is 1.58 bits per heavy atom. The lowest BCUT2D eigenvalue weighted by Crippen LogP contribution is -2.46. The quantitative estimate of drug-likeness (QED) is 0.162. The Hall–Kier alpha value is -0.500. The van der Waals surface area contributed by atoms with E-state index in [0.29, 0.717) is 23.9 Å². The van der Waals surface area contributed by atoms with Crippen molar-refractivity contribution in [1.29, 1.82) is 0 Å². The van der Waals surface area contributed by atoms with E-state index in [1.807, 2.05) is 28.1 Å². The van der Waals surface area contributed by atoms with Gasteiger partial charge in [-0.15, -0.1) is 0 Å². The fourth-order valence-electron chi connectivity index (χ4n) is 3.01. The number of phosphoric ester groups is 1. The summed E-state index contributed by atoms with van der Waals surface area (Å²) < 4.78 is 22.6. The summed E-state index contributed by atoms with van der Waals surface area (Å²) in [5, 5.41) is 13.3. The van der Waals surface area contributed by atoms with E-state index in [1.165, 1.54) is 25.7 Å². The highest BCUT2D eigenvalue weighted by molar-refractivity contribution is 7.45. The van der Waals surface area contributed by atoms with Gasteiger partial charge >= 0.3 is 0 Å². The van der Waals surface area contributed by atoms with Crippen LogP contribution in [0.3, 0.4) is 0 Å². The molecule has 0 saturated heterocycles. The van der Waals surface area contributed by atoms with Crippen LogP contribution in [0.2, 0.25) is 0 Å². The van der Waals surface area contributed by atoms with Gasteiger partial charge in [0.2, 0.25) is 5.91 Å². The highest BCUT2D eigenvalue weighted by atomic mass is 31.2. The lowest BCUT2D eigenvalue weighted by Gasteiger charge is -2.30. The molecule has 2 N–H and O–H groups in total. The Kier molecular flexibility index (Phi) is 16.8. The number of carbonyl (C=O) groups is 1. The Morgan fingerprint density at radius 3 is 2.16 bits per heavy atom. The summed E-state index contributed by atoms with van der Waals surface area (Å²) in [5.41, 5.74) is 0. The number of aliphatic hydroxyl groups is 1. The van der Waals surface area contributed by atoms with Crippen molar-refractivity contribution >= 4 is 13.7 Å². The monoisotopic (exact) mass is 466 g/mol. The molecule has 8 nitrogen and oxygen atoms in total. The Labute approximate surface area is 189 Å². The van der Waals surface area contributed by atoms with Crippen LogP contribution < -0.4 is 10.2 Å². The number of unbranched alkanes of at least 4 members (excludes halogenated alkanes) is 7. The second kappa shape index (κ2) is 17.0. The van der Waals surface area contributed by atoms with Crippen molar-refractivity contribution < 1.29 is 32.9 Å². The SMILES string of the molecule is CCCCCCCCCC(O)C(COP(=O)([O-])OCC[N+](C)(C)C)NC(=O)CCCC. The maximum Gasteiger partial charge on any atom is 0.268 e. The molecule has 0 heterocycles. The van der Waals surface area contributed by atoms with Gasteiger partial charge in [-0.2, -0.15) is 0 Å². The molecule has 0 bridgehead atoms. The van der Waals surface area contributed by atoms with E-state index < -0.39 is 20.0 Å². The Bertz CT molecular complexity index is 513. The molecule has 31 heavy (non-hydrogen) atoms. The zero-order chi connectivity index (χ0) is 23.8. The van der Waals surface area contributed by atoms with Crippen LogP contribution in [0.25, 0.3) is 0 Å². The molecule has 0 aromatic heterocycles. The zero-order valence-corrected chi connectivity index (χ0v) is 21.3. The fraction of sp³-hybridized carbons (Fsp3) is 0.955. The summed E-state index contributed by atoms with van der Waals surface area (Å²) in [7, 11) is 1.29. The predicted molar refractivity (Wildman–Crippen MR) is 122 cm³/mol. The third-order valence-corrected chi connectivity index (χ3v) is 6.06. The first-order valence-corrected chi connectivity index (χ1v) is 13.3. The average molecular weight is 467 g/mol. The van der Waals surface area contributed by atoms with Crippen LogP contribution in [0, 0.1) is 0 Å². The van der Waals surface area contributed by atoms with E-state index in [-0.39, 0.29) is 19.1 Å². The number of hydrogen-bond acceptors (Lipinski definition) is 6. The highest BCUT2D eigenvalue weighted by Crippen LogP contribution is 2.38. The third-order valence-electron chi connectivity index (χ3n) is 5.10. The summed E-state index contributed by atoms with van der Waals surface area (Å²) in [6.07, 6.45) is 9.40. The number of carbonyl (C=O) groups excluding carboxylic acids is 1. The standard InChI is InChI=1S/C22H47N2O6P/c1-6-8-10-11-12-13-14-15-21(25)20(23-22(26)16-9-7-2)19-30-31(27,28)29-18-17-24(3,4)5/h20-21,25H,6-19H2,1-5H3,(H-,23,26,27,28). The first kappa shape index (κ1) is 30.5. The summed E-state index contributed by atoms with van der Waals surface area (Å²) >= 11 is 0. The van der Waals surface area contributed by atoms with E-state index in [4.69, 9.17) is 9.05 Å². The van der Waals surface area contributed by atoms with Crippen molar-refractivity contribution in [2.45, 2.75) is 96.6 Å². The molecule has 0 aliphatic heterocycles. The predicted octanol–water partition coefficient (Wildman–Crippen LogP) is 3.37. The normalized spacial score (nSPS) is 16.0. The van der Waals surface area contributed by atoms with Crippen LogP contribution in [0.5, 0.6) is 0 Å². The molecular formula is C22H47N2O6P. The van der Waals surface area contributed by atoms with Crippen molar-refractivity contribution in [3.8, 4) is 0 Å². The van der Waals surface area contributed by atoms with Crippen LogP contribution >= 0.6 is 7.82 Å². The molecule has 0 aliphatic rings. The zero-order valence-electron chi connectivity index (χ0n) is 20.4. The van der Waals surface area contributed by atoms with Gasteiger partial charge in [0.15, 0.2) is 0 Å². The van der Waals surface area contributed by atoms with E-state index in [0.717, 1.165) is 32.1 Å². The second-order valence-corrected chi connectivity index (χ2v) is 10.8. The minimum atomic E-state index is -4.51. The topological polar surface area (TPSA) is 108 Å². The van der Waals surface area contributed by atoms with Crippen molar-refractivity contribution in [1.82, 2.24) is 5.32 Å². The largest absolute Gasteiger partial charge is 0.756 e. The maximum absolute atomic E-state index is 12.1. The van der Waals surface area contributed by atoms with Gasteiger partial charge < -0.3 is 28.8 Å². The average Bonchev–Trinajstić information content (AvgIpc) is 2.67.